The minimum absolute atomic E-state index is 0.550. The largest absolute Gasteiger partial charge is 0.315 e. The van der Waals surface area contributed by atoms with Crippen LogP contribution in [-0.4, -0.2) is 32.8 Å². The van der Waals surface area contributed by atoms with Gasteiger partial charge >= 0.3 is 0 Å². The van der Waals surface area contributed by atoms with Gasteiger partial charge < -0.3 is 4.57 Å². The van der Waals surface area contributed by atoms with E-state index in [4.69, 9.17) is 0 Å². The molecule has 122 valence electrons. The topological polar surface area (TPSA) is 34.0 Å². The van der Waals surface area contributed by atoms with Crippen LogP contribution in [-0.2, 0) is 19.5 Å². The van der Waals surface area contributed by atoms with Crippen LogP contribution in [0.15, 0.2) is 18.2 Å². The second kappa shape index (κ2) is 6.08. The van der Waals surface area contributed by atoms with Crippen LogP contribution >= 0.6 is 0 Å². The van der Waals surface area contributed by atoms with Crippen molar-refractivity contribution < 1.29 is 0 Å². The van der Waals surface area contributed by atoms with Crippen molar-refractivity contribution in [3.8, 4) is 0 Å². The van der Waals surface area contributed by atoms with E-state index < -0.39 is 0 Å². The van der Waals surface area contributed by atoms with Crippen LogP contribution in [0.4, 0.5) is 0 Å². The molecule has 1 aromatic heterocycles. The highest BCUT2D eigenvalue weighted by molar-refractivity contribution is 5.30. The molecule has 0 amide bonds. The van der Waals surface area contributed by atoms with Gasteiger partial charge in [0.05, 0.1) is 0 Å². The summed E-state index contributed by atoms with van der Waals surface area (Å²) in [5.41, 5.74) is 4.22. The first-order chi connectivity index (χ1) is 11.2. The van der Waals surface area contributed by atoms with Gasteiger partial charge in [0.2, 0.25) is 0 Å². The third-order valence-electron chi connectivity index (χ3n) is 5.40. The van der Waals surface area contributed by atoms with Crippen LogP contribution in [0.25, 0.3) is 0 Å². The third kappa shape index (κ3) is 2.92. The van der Waals surface area contributed by atoms with E-state index in [2.05, 4.69) is 51.7 Å². The molecule has 0 unspecified atom stereocenters. The standard InChI is InChI=1S/C19H26N4/c1-14-7-8-16(15(2)11-14)12-22-9-3-5-17(13-22)19-21-20-18-6-4-10-23(18)19/h7-8,11,17H,3-6,9-10,12-13H2,1-2H3/t17-/m0/s1. The first-order valence-corrected chi connectivity index (χ1v) is 8.91. The SMILES string of the molecule is Cc1ccc(CN2CCC[C@H](c3nnc4n3CCC4)C2)c(C)c1. The predicted molar refractivity (Wildman–Crippen MR) is 91.5 cm³/mol. The molecule has 0 aliphatic carbocycles. The molecular formula is C19H26N4. The number of aromatic nitrogens is 3. The van der Waals surface area contributed by atoms with E-state index in [1.807, 2.05) is 0 Å². The van der Waals surface area contributed by atoms with Crippen molar-refractivity contribution >= 4 is 0 Å². The van der Waals surface area contributed by atoms with Crippen molar-refractivity contribution in [2.75, 3.05) is 13.1 Å². The summed E-state index contributed by atoms with van der Waals surface area (Å²) in [5, 5.41) is 8.92. The molecule has 0 spiro atoms. The zero-order valence-electron chi connectivity index (χ0n) is 14.3. The Morgan fingerprint density at radius 1 is 1.13 bits per heavy atom. The Morgan fingerprint density at radius 3 is 2.91 bits per heavy atom. The monoisotopic (exact) mass is 310 g/mol. The lowest BCUT2D eigenvalue weighted by Gasteiger charge is -2.32. The van der Waals surface area contributed by atoms with Crippen molar-refractivity contribution in [3.05, 3.63) is 46.5 Å². The minimum atomic E-state index is 0.550. The van der Waals surface area contributed by atoms with Crippen LogP contribution in [0.1, 0.15) is 53.5 Å². The normalized spacial score (nSPS) is 21.6. The van der Waals surface area contributed by atoms with Gasteiger partial charge in [0.25, 0.3) is 0 Å². The van der Waals surface area contributed by atoms with Gasteiger partial charge in [-0.25, -0.2) is 0 Å². The highest BCUT2D eigenvalue weighted by atomic mass is 15.3. The smallest absolute Gasteiger partial charge is 0.137 e. The fourth-order valence-electron chi connectivity index (χ4n) is 4.15. The molecule has 0 N–H and O–H groups in total. The second-order valence-electron chi connectivity index (χ2n) is 7.23. The second-order valence-corrected chi connectivity index (χ2v) is 7.23. The quantitative estimate of drug-likeness (QED) is 0.873. The Hall–Kier alpha value is -1.68. The summed E-state index contributed by atoms with van der Waals surface area (Å²) in [6, 6.07) is 6.82. The van der Waals surface area contributed by atoms with Crippen LogP contribution in [0.5, 0.6) is 0 Å². The maximum atomic E-state index is 4.52. The van der Waals surface area contributed by atoms with E-state index >= 15 is 0 Å². The number of aryl methyl sites for hydroxylation is 3. The summed E-state index contributed by atoms with van der Waals surface area (Å²) < 4.78 is 2.38. The molecule has 1 saturated heterocycles. The van der Waals surface area contributed by atoms with Crippen LogP contribution in [0.2, 0.25) is 0 Å². The number of hydrogen-bond acceptors (Lipinski definition) is 3. The summed E-state index contributed by atoms with van der Waals surface area (Å²) in [6.45, 7) is 8.89. The summed E-state index contributed by atoms with van der Waals surface area (Å²) in [4.78, 5) is 2.60. The number of piperidine rings is 1. The van der Waals surface area contributed by atoms with Gasteiger partial charge in [-0.05, 0) is 50.8 Å². The molecule has 1 atom stereocenters. The van der Waals surface area contributed by atoms with Crippen molar-refractivity contribution in [3.63, 3.8) is 0 Å². The Bertz CT molecular complexity index is 703. The van der Waals surface area contributed by atoms with Gasteiger partial charge in [-0.3, -0.25) is 4.90 Å². The van der Waals surface area contributed by atoms with E-state index in [1.165, 1.54) is 54.1 Å². The van der Waals surface area contributed by atoms with E-state index in [1.54, 1.807) is 0 Å². The number of fused-ring (bicyclic) bond motifs is 1. The predicted octanol–water partition coefficient (Wildman–Crippen LogP) is 3.22. The molecular weight excluding hydrogens is 284 g/mol. The van der Waals surface area contributed by atoms with Crippen molar-refractivity contribution in [1.29, 1.82) is 0 Å². The molecule has 0 radical (unpaired) electrons. The zero-order chi connectivity index (χ0) is 15.8. The lowest BCUT2D eigenvalue weighted by molar-refractivity contribution is 0.194. The van der Waals surface area contributed by atoms with Crippen molar-refractivity contribution in [2.24, 2.45) is 0 Å². The van der Waals surface area contributed by atoms with Crippen LogP contribution in [0.3, 0.4) is 0 Å². The Kier molecular flexibility index (Phi) is 3.93. The molecule has 2 aliphatic rings. The molecule has 3 heterocycles. The fraction of sp³-hybridized carbons (Fsp3) is 0.579. The van der Waals surface area contributed by atoms with Crippen LogP contribution < -0.4 is 0 Å². The summed E-state index contributed by atoms with van der Waals surface area (Å²) in [7, 11) is 0. The number of benzene rings is 1. The fourth-order valence-corrected chi connectivity index (χ4v) is 4.15. The molecule has 4 rings (SSSR count). The minimum Gasteiger partial charge on any atom is -0.315 e. The van der Waals surface area contributed by atoms with Gasteiger partial charge in [0.1, 0.15) is 11.6 Å². The van der Waals surface area contributed by atoms with E-state index in [0.29, 0.717) is 5.92 Å². The molecule has 4 nitrogen and oxygen atoms in total. The number of hydrogen-bond donors (Lipinski definition) is 0. The van der Waals surface area contributed by atoms with Crippen LogP contribution in [0, 0.1) is 13.8 Å². The molecule has 23 heavy (non-hydrogen) atoms. The molecule has 0 saturated carbocycles. The van der Waals surface area contributed by atoms with Crippen molar-refractivity contribution in [2.45, 2.75) is 58.5 Å². The number of likely N-dealkylation sites (tertiary alicyclic amines) is 1. The number of nitrogens with zero attached hydrogens (tertiary/aromatic N) is 4. The van der Waals surface area contributed by atoms with Crippen molar-refractivity contribution in [1.82, 2.24) is 19.7 Å². The number of rotatable bonds is 3. The van der Waals surface area contributed by atoms with E-state index in [-0.39, 0.29) is 0 Å². The van der Waals surface area contributed by atoms with E-state index in [0.717, 1.165) is 26.1 Å². The molecule has 1 aromatic carbocycles. The maximum absolute atomic E-state index is 4.52. The van der Waals surface area contributed by atoms with Gasteiger partial charge in [0, 0.05) is 32.0 Å². The van der Waals surface area contributed by atoms with Gasteiger partial charge in [-0.15, -0.1) is 10.2 Å². The lowest BCUT2D eigenvalue weighted by atomic mass is 9.96. The lowest BCUT2D eigenvalue weighted by Crippen LogP contribution is -2.35. The molecule has 0 bridgehead atoms. The third-order valence-corrected chi connectivity index (χ3v) is 5.40. The molecule has 2 aromatic rings. The summed E-state index contributed by atoms with van der Waals surface area (Å²) >= 11 is 0. The van der Waals surface area contributed by atoms with Gasteiger partial charge in [0.15, 0.2) is 0 Å². The first-order valence-electron chi connectivity index (χ1n) is 8.91. The van der Waals surface area contributed by atoms with Gasteiger partial charge in [-0.1, -0.05) is 23.8 Å². The Labute approximate surface area is 138 Å². The first kappa shape index (κ1) is 14.9. The molecule has 2 aliphatic heterocycles. The molecule has 4 heteroatoms. The Balaban J connectivity index is 1.48. The highest BCUT2D eigenvalue weighted by Crippen LogP contribution is 2.29. The summed E-state index contributed by atoms with van der Waals surface area (Å²) in [6.07, 6.45) is 4.85. The molecule has 1 fully saturated rings. The highest BCUT2D eigenvalue weighted by Gasteiger charge is 2.28. The summed E-state index contributed by atoms with van der Waals surface area (Å²) in [5.74, 6) is 2.99. The zero-order valence-corrected chi connectivity index (χ0v) is 14.3. The van der Waals surface area contributed by atoms with E-state index in [9.17, 15) is 0 Å². The maximum Gasteiger partial charge on any atom is 0.137 e. The average Bonchev–Trinajstić information content (AvgIpc) is 3.13. The average molecular weight is 310 g/mol. The van der Waals surface area contributed by atoms with Gasteiger partial charge in [-0.2, -0.15) is 0 Å². The Morgan fingerprint density at radius 2 is 2.04 bits per heavy atom.